The molecule has 206 valence electrons. The molecular formula is C29H39N3O5S. The van der Waals surface area contributed by atoms with Gasteiger partial charge in [-0.15, -0.1) is 0 Å². The van der Waals surface area contributed by atoms with E-state index in [0.29, 0.717) is 12.0 Å². The molecule has 0 spiro atoms. The molecular weight excluding hydrogens is 502 g/mol. The van der Waals surface area contributed by atoms with Gasteiger partial charge in [0.1, 0.15) is 12.6 Å². The number of nitrogens with zero attached hydrogens (tertiary/aromatic N) is 2. The zero-order chi connectivity index (χ0) is 27.9. The topological polar surface area (TPSA) is 104 Å². The number of benzene rings is 2. The van der Waals surface area contributed by atoms with Gasteiger partial charge in [0.05, 0.1) is 11.9 Å². The van der Waals surface area contributed by atoms with E-state index < -0.39 is 28.5 Å². The van der Waals surface area contributed by atoms with E-state index in [0.717, 1.165) is 53.8 Å². The van der Waals surface area contributed by atoms with E-state index in [-0.39, 0.29) is 30.0 Å². The molecule has 38 heavy (non-hydrogen) atoms. The van der Waals surface area contributed by atoms with Gasteiger partial charge in [0.2, 0.25) is 21.8 Å². The van der Waals surface area contributed by atoms with Crippen LogP contribution in [-0.4, -0.2) is 55.8 Å². The second kappa shape index (κ2) is 13.0. The predicted molar refractivity (Wildman–Crippen MR) is 149 cm³/mol. The number of carbonyl (C=O) groups is 3. The Bertz CT molecular complexity index is 1240. The van der Waals surface area contributed by atoms with E-state index in [1.54, 1.807) is 18.2 Å². The second-order valence-electron chi connectivity index (χ2n) is 10.2. The number of amides is 2. The van der Waals surface area contributed by atoms with E-state index in [1.807, 2.05) is 38.1 Å². The summed E-state index contributed by atoms with van der Waals surface area (Å²) in [6.45, 7) is 4.90. The lowest BCUT2D eigenvalue weighted by Gasteiger charge is -2.34. The molecule has 0 radical (unpaired) electrons. The number of anilines is 1. The quantitative estimate of drug-likeness (QED) is 0.429. The standard InChI is InChI=1S/C29H39N3O5S/c1-5-27(29(35)30-25-11-7-6-8-12-25)31(19-23-16-14-21(2)15-17-23)28(34)20-32(38(4,36)37)26-13-9-10-24(18-26)22(3)33/h9-10,13-18,25,27H,5-8,11-12,19-20H2,1-4H3,(H,30,35). The summed E-state index contributed by atoms with van der Waals surface area (Å²) in [5.41, 5.74) is 2.49. The van der Waals surface area contributed by atoms with Crippen LogP contribution in [0.4, 0.5) is 5.69 Å². The number of nitrogens with one attached hydrogen (secondary N) is 1. The maximum Gasteiger partial charge on any atom is 0.244 e. The van der Waals surface area contributed by atoms with Crippen molar-refractivity contribution < 1.29 is 22.8 Å². The summed E-state index contributed by atoms with van der Waals surface area (Å²) in [5, 5.41) is 3.13. The smallest absolute Gasteiger partial charge is 0.244 e. The molecule has 0 aromatic heterocycles. The van der Waals surface area contributed by atoms with Gasteiger partial charge in [0, 0.05) is 18.2 Å². The highest BCUT2D eigenvalue weighted by molar-refractivity contribution is 7.92. The number of rotatable bonds is 11. The van der Waals surface area contributed by atoms with Gasteiger partial charge in [0.25, 0.3) is 0 Å². The fourth-order valence-electron chi connectivity index (χ4n) is 4.85. The van der Waals surface area contributed by atoms with E-state index in [2.05, 4.69) is 5.32 Å². The van der Waals surface area contributed by atoms with Gasteiger partial charge in [-0.25, -0.2) is 8.42 Å². The Hall–Kier alpha value is -3.20. The highest BCUT2D eigenvalue weighted by Crippen LogP contribution is 2.22. The third-order valence-corrected chi connectivity index (χ3v) is 8.17. The van der Waals surface area contributed by atoms with Crippen LogP contribution in [0.25, 0.3) is 0 Å². The second-order valence-corrected chi connectivity index (χ2v) is 12.1. The maximum atomic E-state index is 13.8. The zero-order valence-corrected chi connectivity index (χ0v) is 23.6. The van der Waals surface area contributed by atoms with Gasteiger partial charge in [-0.3, -0.25) is 18.7 Å². The van der Waals surface area contributed by atoms with E-state index in [1.165, 1.54) is 17.9 Å². The van der Waals surface area contributed by atoms with E-state index in [9.17, 15) is 22.8 Å². The first-order valence-corrected chi connectivity index (χ1v) is 15.1. The Kier molecular flexibility index (Phi) is 10.1. The number of hydrogen-bond donors (Lipinski definition) is 1. The Labute approximate surface area is 226 Å². The van der Waals surface area contributed by atoms with Crippen LogP contribution in [-0.2, 0) is 26.2 Å². The molecule has 3 rings (SSSR count). The van der Waals surface area contributed by atoms with Crippen LogP contribution < -0.4 is 9.62 Å². The lowest BCUT2D eigenvalue weighted by molar-refractivity contribution is -0.140. The first-order valence-electron chi connectivity index (χ1n) is 13.2. The minimum atomic E-state index is -3.87. The Morgan fingerprint density at radius 3 is 2.26 bits per heavy atom. The van der Waals surface area contributed by atoms with Crippen molar-refractivity contribution in [2.75, 3.05) is 17.1 Å². The molecule has 2 aromatic rings. The molecule has 1 fully saturated rings. The van der Waals surface area contributed by atoms with Crippen LogP contribution >= 0.6 is 0 Å². The molecule has 0 aliphatic heterocycles. The number of hydrogen-bond acceptors (Lipinski definition) is 5. The van der Waals surface area contributed by atoms with Gasteiger partial charge in [-0.1, -0.05) is 68.1 Å². The third kappa shape index (κ3) is 7.90. The van der Waals surface area contributed by atoms with Crippen molar-refractivity contribution in [1.29, 1.82) is 0 Å². The van der Waals surface area contributed by atoms with Crippen molar-refractivity contribution in [3.05, 3.63) is 65.2 Å². The highest BCUT2D eigenvalue weighted by Gasteiger charge is 2.33. The predicted octanol–water partition coefficient (Wildman–Crippen LogP) is 4.22. The molecule has 0 heterocycles. The molecule has 1 atom stereocenters. The van der Waals surface area contributed by atoms with Crippen LogP contribution in [0.15, 0.2) is 48.5 Å². The van der Waals surface area contributed by atoms with Crippen LogP contribution in [0.5, 0.6) is 0 Å². The van der Waals surface area contributed by atoms with Crippen molar-refractivity contribution in [1.82, 2.24) is 10.2 Å². The van der Waals surface area contributed by atoms with Gasteiger partial charge in [-0.05, 0) is 50.8 Å². The molecule has 1 aliphatic rings. The fraction of sp³-hybridized carbons (Fsp3) is 0.483. The van der Waals surface area contributed by atoms with Gasteiger partial charge >= 0.3 is 0 Å². The first kappa shape index (κ1) is 29.4. The fourth-order valence-corrected chi connectivity index (χ4v) is 5.69. The average molecular weight is 542 g/mol. The lowest BCUT2D eigenvalue weighted by Crippen LogP contribution is -2.53. The van der Waals surface area contributed by atoms with Crippen LogP contribution in [0, 0.1) is 6.92 Å². The number of carbonyl (C=O) groups excluding carboxylic acids is 3. The molecule has 0 saturated heterocycles. The van der Waals surface area contributed by atoms with Gasteiger partial charge in [-0.2, -0.15) is 0 Å². The van der Waals surface area contributed by atoms with Gasteiger partial charge < -0.3 is 10.2 Å². The third-order valence-electron chi connectivity index (χ3n) is 7.03. The monoisotopic (exact) mass is 541 g/mol. The van der Waals surface area contributed by atoms with Gasteiger partial charge in [0.15, 0.2) is 5.78 Å². The molecule has 8 nitrogen and oxygen atoms in total. The molecule has 2 amide bonds. The summed E-state index contributed by atoms with van der Waals surface area (Å²) in [6, 6.07) is 13.2. The average Bonchev–Trinajstić information content (AvgIpc) is 2.88. The van der Waals surface area contributed by atoms with Crippen molar-refractivity contribution in [3.8, 4) is 0 Å². The van der Waals surface area contributed by atoms with Crippen molar-refractivity contribution >= 4 is 33.3 Å². The van der Waals surface area contributed by atoms with Crippen molar-refractivity contribution in [3.63, 3.8) is 0 Å². The summed E-state index contributed by atoms with van der Waals surface area (Å²) in [7, 11) is -3.87. The molecule has 1 aliphatic carbocycles. The number of Topliss-reactive ketones (excluding diaryl/α,β-unsaturated/α-hetero) is 1. The molecule has 0 bridgehead atoms. The number of sulfonamides is 1. The Balaban J connectivity index is 1.93. The molecule has 9 heteroatoms. The summed E-state index contributed by atoms with van der Waals surface area (Å²) < 4.78 is 26.6. The summed E-state index contributed by atoms with van der Waals surface area (Å²) in [6.07, 6.45) is 6.54. The number of ketones is 1. The van der Waals surface area contributed by atoms with E-state index in [4.69, 9.17) is 0 Å². The minimum absolute atomic E-state index is 0.0865. The maximum absolute atomic E-state index is 13.8. The summed E-state index contributed by atoms with van der Waals surface area (Å²) in [4.78, 5) is 40.7. The van der Waals surface area contributed by atoms with Crippen molar-refractivity contribution in [2.45, 2.75) is 77.9 Å². The first-order chi connectivity index (χ1) is 18.0. The van der Waals surface area contributed by atoms with Crippen LogP contribution in [0.1, 0.15) is 73.9 Å². The zero-order valence-electron chi connectivity index (χ0n) is 22.8. The Morgan fingerprint density at radius 2 is 1.68 bits per heavy atom. The lowest BCUT2D eigenvalue weighted by atomic mass is 9.95. The van der Waals surface area contributed by atoms with E-state index >= 15 is 0 Å². The Morgan fingerprint density at radius 1 is 1.03 bits per heavy atom. The summed E-state index contributed by atoms with van der Waals surface area (Å²) in [5.74, 6) is -0.919. The molecule has 1 saturated carbocycles. The minimum Gasteiger partial charge on any atom is -0.352 e. The SMILES string of the molecule is CCC(C(=O)NC1CCCCC1)N(Cc1ccc(C)cc1)C(=O)CN(c1cccc(C(C)=O)c1)S(C)(=O)=O. The normalized spacial score (nSPS) is 14.9. The molecule has 1 N–H and O–H groups in total. The molecule has 2 aromatic carbocycles. The summed E-state index contributed by atoms with van der Waals surface area (Å²) >= 11 is 0. The molecule has 1 unspecified atom stereocenters. The van der Waals surface area contributed by atoms with Crippen molar-refractivity contribution in [2.24, 2.45) is 0 Å². The highest BCUT2D eigenvalue weighted by atomic mass is 32.2. The van der Waals surface area contributed by atoms with Crippen LogP contribution in [0.3, 0.4) is 0 Å². The van der Waals surface area contributed by atoms with Crippen LogP contribution in [0.2, 0.25) is 0 Å². The number of aryl methyl sites for hydroxylation is 1. The largest absolute Gasteiger partial charge is 0.352 e.